The van der Waals surface area contributed by atoms with Crippen molar-refractivity contribution in [2.45, 2.75) is 13.8 Å². The van der Waals surface area contributed by atoms with E-state index in [1.54, 1.807) is 14.0 Å². The molecule has 0 N–H and O–H groups in total. The zero-order valence-electron chi connectivity index (χ0n) is 9.82. The summed E-state index contributed by atoms with van der Waals surface area (Å²) in [6, 6.07) is 6.05. The lowest BCUT2D eigenvalue weighted by Crippen LogP contribution is -1.87. The SMILES string of the molecule is COc1cc(C=CCSC(C)=O)ccc1C. The molecule has 0 atom stereocenters. The van der Waals surface area contributed by atoms with E-state index in [0.717, 1.165) is 16.9 Å². The average Bonchev–Trinajstić information content (AvgIpc) is 2.26. The van der Waals surface area contributed by atoms with Gasteiger partial charge >= 0.3 is 0 Å². The van der Waals surface area contributed by atoms with Crippen molar-refractivity contribution < 1.29 is 9.53 Å². The predicted molar refractivity (Wildman–Crippen MR) is 69.9 cm³/mol. The molecule has 0 unspecified atom stereocenters. The molecule has 1 aromatic rings. The van der Waals surface area contributed by atoms with Gasteiger partial charge in [0.25, 0.3) is 0 Å². The van der Waals surface area contributed by atoms with Crippen LogP contribution in [0.1, 0.15) is 18.1 Å². The van der Waals surface area contributed by atoms with Crippen LogP contribution < -0.4 is 4.74 Å². The van der Waals surface area contributed by atoms with E-state index in [4.69, 9.17) is 4.74 Å². The molecule has 0 saturated carbocycles. The summed E-state index contributed by atoms with van der Waals surface area (Å²) in [5.41, 5.74) is 2.21. The van der Waals surface area contributed by atoms with E-state index >= 15 is 0 Å². The molecular formula is C13H16O2S. The maximum absolute atomic E-state index is 10.7. The normalized spacial score (nSPS) is 10.7. The summed E-state index contributed by atoms with van der Waals surface area (Å²) in [6.07, 6.45) is 3.98. The first-order chi connectivity index (χ1) is 7.63. The van der Waals surface area contributed by atoms with Crippen LogP contribution in [0, 0.1) is 6.92 Å². The number of carbonyl (C=O) groups is 1. The smallest absolute Gasteiger partial charge is 0.186 e. The third-order valence-corrected chi connectivity index (χ3v) is 2.89. The molecule has 0 radical (unpaired) electrons. The molecule has 0 spiro atoms. The van der Waals surface area contributed by atoms with E-state index < -0.39 is 0 Å². The second kappa shape index (κ2) is 6.38. The Morgan fingerprint density at radius 2 is 2.25 bits per heavy atom. The highest BCUT2D eigenvalue weighted by atomic mass is 32.2. The summed E-state index contributed by atoms with van der Waals surface area (Å²) in [6.45, 7) is 3.59. The van der Waals surface area contributed by atoms with Crippen LogP contribution in [0.15, 0.2) is 24.3 Å². The van der Waals surface area contributed by atoms with Crippen molar-refractivity contribution in [2.75, 3.05) is 12.9 Å². The van der Waals surface area contributed by atoms with Crippen molar-refractivity contribution in [2.24, 2.45) is 0 Å². The van der Waals surface area contributed by atoms with Gasteiger partial charge in [-0.25, -0.2) is 0 Å². The third-order valence-electron chi connectivity index (χ3n) is 2.13. The van der Waals surface area contributed by atoms with E-state index in [0.29, 0.717) is 5.75 Å². The Hall–Kier alpha value is -1.22. The Bertz CT molecular complexity index is 397. The molecule has 0 aromatic heterocycles. The summed E-state index contributed by atoms with van der Waals surface area (Å²) in [7, 11) is 1.67. The summed E-state index contributed by atoms with van der Waals surface area (Å²) >= 11 is 1.31. The van der Waals surface area contributed by atoms with Crippen LogP contribution >= 0.6 is 11.8 Å². The maximum Gasteiger partial charge on any atom is 0.186 e. The zero-order chi connectivity index (χ0) is 12.0. The van der Waals surface area contributed by atoms with Crippen molar-refractivity contribution in [1.29, 1.82) is 0 Å². The highest BCUT2D eigenvalue weighted by Gasteiger charge is 1.97. The van der Waals surface area contributed by atoms with Gasteiger partial charge < -0.3 is 4.74 Å². The first-order valence-electron chi connectivity index (χ1n) is 5.08. The number of hydrogen-bond donors (Lipinski definition) is 0. The number of methoxy groups -OCH3 is 1. The number of rotatable bonds is 4. The molecule has 3 heteroatoms. The standard InChI is InChI=1S/C13H16O2S/c1-10-6-7-12(9-13(10)15-3)5-4-8-16-11(2)14/h4-7,9H,8H2,1-3H3. The first-order valence-corrected chi connectivity index (χ1v) is 6.06. The molecule has 0 bridgehead atoms. The number of benzene rings is 1. The van der Waals surface area contributed by atoms with Crippen LogP contribution in [0.25, 0.3) is 6.08 Å². The van der Waals surface area contributed by atoms with Crippen molar-refractivity contribution >= 4 is 23.0 Å². The molecule has 2 nitrogen and oxygen atoms in total. The minimum absolute atomic E-state index is 0.145. The molecule has 1 aromatic carbocycles. The molecule has 1 rings (SSSR count). The minimum atomic E-state index is 0.145. The quantitative estimate of drug-likeness (QED) is 0.802. The van der Waals surface area contributed by atoms with Gasteiger partial charge in [0, 0.05) is 12.7 Å². The van der Waals surface area contributed by atoms with Crippen LogP contribution in [0.5, 0.6) is 5.75 Å². The molecule has 0 aliphatic carbocycles. The summed E-state index contributed by atoms with van der Waals surface area (Å²) < 4.78 is 5.24. The second-order valence-electron chi connectivity index (χ2n) is 3.43. The summed E-state index contributed by atoms with van der Waals surface area (Å²) in [5, 5.41) is 0.145. The largest absolute Gasteiger partial charge is 0.496 e. The van der Waals surface area contributed by atoms with Gasteiger partial charge in [-0.15, -0.1) is 0 Å². The van der Waals surface area contributed by atoms with Crippen LogP contribution in [0.3, 0.4) is 0 Å². The molecule has 0 amide bonds. The molecule has 16 heavy (non-hydrogen) atoms. The molecular weight excluding hydrogens is 220 g/mol. The van der Waals surface area contributed by atoms with Crippen LogP contribution in [0.4, 0.5) is 0 Å². The lowest BCUT2D eigenvalue weighted by molar-refractivity contribution is -0.109. The average molecular weight is 236 g/mol. The summed E-state index contributed by atoms with van der Waals surface area (Å²) in [5.74, 6) is 1.60. The fraction of sp³-hybridized carbons (Fsp3) is 0.308. The van der Waals surface area contributed by atoms with Crippen molar-refractivity contribution in [3.05, 3.63) is 35.4 Å². The van der Waals surface area contributed by atoms with Crippen LogP contribution in [0.2, 0.25) is 0 Å². The Balaban J connectivity index is 2.63. The van der Waals surface area contributed by atoms with Gasteiger partial charge in [-0.3, -0.25) is 4.79 Å². The molecule has 0 aliphatic heterocycles. The van der Waals surface area contributed by atoms with Gasteiger partial charge in [0.15, 0.2) is 5.12 Å². The minimum Gasteiger partial charge on any atom is -0.496 e. The number of carbonyl (C=O) groups excluding carboxylic acids is 1. The molecule has 0 aliphatic rings. The fourth-order valence-electron chi connectivity index (χ4n) is 1.29. The van der Waals surface area contributed by atoms with Crippen molar-refractivity contribution in [3.63, 3.8) is 0 Å². The Kier molecular flexibility index (Phi) is 5.12. The zero-order valence-corrected chi connectivity index (χ0v) is 10.6. The van der Waals surface area contributed by atoms with E-state index in [1.165, 1.54) is 11.8 Å². The second-order valence-corrected chi connectivity index (χ2v) is 4.63. The monoisotopic (exact) mass is 236 g/mol. The Morgan fingerprint density at radius 3 is 2.88 bits per heavy atom. The van der Waals surface area contributed by atoms with E-state index in [1.807, 2.05) is 37.3 Å². The third kappa shape index (κ3) is 4.11. The molecule has 0 saturated heterocycles. The van der Waals surface area contributed by atoms with Crippen LogP contribution in [-0.4, -0.2) is 18.0 Å². The van der Waals surface area contributed by atoms with Gasteiger partial charge in [0.2, 0.25) is 0 Å². The number of aryl methyl sites for hydroxylation is 1. The first kappa shape index (κ1) is 12.8. The highest BCUT2D eigenvalue weighted by Crippen LogP contribution is 2.19. The van der Waals surface area contributed by atoms with Gasteiger partial charge in [0.1, 0.15) is 5.75 Å². The topological polar surface area (TPSA) is 26.3 Å². The Labute approximate surface area is 101 Å². The Morgan fingerprint density at radius 1 is 1.50 bits per heavy atom. The van der Waals surface area contributed by atoms with E-state index in [9.17, 15) is 4.79 Å². The number of ether oxygens (including phenoxy) is 1. The highest BCUT2D eigenvalue weighted by molar-refractivity contribution is 8.13. The fourth-order valence-corrected chi connectivity index (χ4v) is 1.72. The van der Waals surface area contributed by atoms with Crippen molar-refractivity contribution in [1.82, 2.24) is 0 Å². The lowest BCUT2D eigenvalue weighted by Gasteiger charge is -2.04. The van der Waals surface area contributed by atoms with Gasteiger partial charge in [0.05, 0.1) is 7.11 Å². The lowest BCUT2D eigenvalue weighted by atomic mass is 10.1. The maximum atomic E-state index is 10.7. The van der Waals surface area contributed by atoms with E-state index in [-0.39, 0.29) is 5.12 Å². The number of thioether (sulfide) groups is 1. The predicted octanol–water partition coefficient (Wildman–Crippen LogP) is 3.30. The van der Waals surface area contributed by atoms with Crippen molar-refractivity contribution in [3.8, 4) is 5.75 Å². The number of hydrogen-bond acceptors (Lipinski definition) is 3. The molecule has 0 heterocycles. The van der Waals surface area contributed by atoms with Gasteiger partial charge in [-0.2, -0.15) is 0 Å². The summed E-state index contributed by atoms with van der Waals surface area (Å²) in [4.78, 5) is 10.7. The molecule has 0 fully saturated rings. The molecule has 86 valence electrons. The van der Waals surface area contributed by atoms with Gasteiger partial charge in [-0.1, -0.05) is 36.0 Å². The van der Waals surface area contributed by atoms with E-state index in [2.05, 4.69) is 0 Å². The van der Waals surface area contributed by atoms with Gasteiger partial charge in [-0.05, 0) is 24.1 Å². The van der Waals surface area contributed by atoms with Crippen LogP contribution in [-0.2, 0) is 4.79 Å².